The van der Waals surface area contributed by atoms with Gasteiger partial charge in [-0.3, -0.25) is 19.6 Å². The Labute approximate surface area is 262 Å². The molecule has 224 valence electrons. The molecule has 1 atom stereocenters. The summed E-state index contributed by atoms with van der Waals surface area (Å²) in [6.07, 6.45) is 2.19. The molecule has 2 aliphatic heterocycles. The van der Waals surface area contributed by atoms with Crippen LogP contribution in [0.2, 0.25) is 5.02 Å². The number of halogens is 1. The third kappa shape index (κ3) is 6.82. The molecule has 0 aromatic heterocycles. The van der Waals surface area contributed by atoms with Crippen LogP contribution in [0.3, 0.4) is 0 Å². The van der Waals surface area contributed by atoms with Crippen LogP contribution in [0.1, 0.15) is 29.2 Å². The smallest absolute Gasteiger partial charge is 0.252 e. The van der Waals surface area contributed by atoms with Crippen LogP contribution in [-0.2, 0) is 16.0 Å². The zero-order chi connectivity index (χ0) is 31.1. The van der Waals surface area contributed by atoms with Gasteiger partial charge in [0, 0.05) is 52.6 Å². The van der Waals surface area contributed by atoms with E-state index in [1.807, 2.05) is 97.9 Å². The molecule has 0 fully saturated rings. The van der Waals surface area contributed by atoms with Crippen molar-refractivity contribution in [3.05, 3.63) is 118 Å². The number of benzene rings is 4. The van der Waals surface area contributed by atoms with Gasteiger partial charge >= 0.3 is 0 Å². The highest BCUT2D eigenvalue weighted by atomic mass is 35.5. The van der Waals surface area contributed by atoms with Gasteiger partial charge in [-0.25, -0.2) is 0 Å². The van der Waals surface area contributed by atoms with Gasteiger partial charge in [0.2, 0.25) is 5.91 Å². The number of nitrogens with one attached hydrogen (secondary N) is 1. The Hall–Kier alpha value is -4.95. The lowest BCUT2D eigenvalue weighted by Gasteiger charge is -2.25. The predicted molar refractivity (Wildman–Crippen MR) is 176 cm³/mol. The number of carbonyl (C=O) groups excluding carboxylic acids is 2. The van der Waals surface area contributed by atoms with Crippen molar-refractivity contribution >= 4 is 46.7 Å². The van der Waals surface area contributed by atoms with E-state index in [0.29, 0.717) is 29.5 Å². The van der Waals surface area contributed by atoms with E-state index < -0.39 is 6.04 Å². The summed E-state index contributed by atoms with van der Waals surface area (Å²) in [4.78, 5) is 35.4. The number of amides is 2. The van der Waals surface area contributed by atoms with Crippen LogP contribution in [0, 0.1) is 0 Å². The van der Waals surface area contributed by atoms with Crippen LogP contribution in [0.4, 0.5) is 11.4 Å². The highest BCUT2D eigenvalue weighted by molar-refractivity contribution is 6.30. The van der Waals surface area contributed by atoms with Gasteiger partial charge in [-0.15, -0.1) is 0 Å². The van der Waals surface area contributed by atoms with E-state index in [1.54, 1.807) is 25.3 Å². The summed E-state index contributed by atoms with van der Waals surface area (Å²) in [6, 6.07) is 28.2. The lowest BCUT2D eigenvalue weighted by Crippen LogP contribution is -2.38. The first-order chi connectivity index (χ1) is 21.4. The molecule has 9 heteroatoms. The Kier molecular flexibility index (Phi) is 9.72. The summed E-state index contributed by atoms with van der Waals surface area (Å²) in [5, 5.41) is 3.42. The monoisotopic (exact) mass is 608 g/mol. The second kappa shape index (κ2) is 14.0. The van der Waals surface area contributed by atoms with Gasteiger partial charge in [0.25, 0.3) is 5.91 Å². The van der Waals surface area contributed by atoms with Gasteiger partial charge in [-0.05, 0) is 36.8 Å². The Morgan fingerprint density at radius 3 is 2.30 bits per heavy atom. The standard InChI is InChI=1S/C26H25ClN2O3.C9H8N2O/c1-4-29-22-16-24(32-3)23(31-2)15-20(22)25(18-8-6-5-7-9-18)28-21(26(29)30)14-17-10-12-19(27)13-11-17;12-9-6-10-5-7-3-1-2-4-8(7)11-9/h5-13,15-16,21H,4,14H2,1-3H3;1-5H,6H2,(H,11,12). The van der Waals surface area contributed by atoms with Crippen LogP contribution in [0.5, 0.6) is 11.5 Å². The molecule has 44 heavy (non-hydrogen) atoms. The van der Waals surface area contributed by atoms with Crippen molar-refractivity contribution in [3.8, 4) is 11.5 Å². The SMILES string of the molecule is CCN1C(=O)C(Cc2ccc(Cl)cc2)N=C(c2ccccc2)c2cc(OC)c(OC)cc21.O=C1CN=Cc2ccccc2N1. The number of para-hydroxylation sites is 1. The van der Waals surface area contributed by atoms with Gasteiger partial charge in [0.15, 0.2) is 11.5 Å². The normalized spacial score (nSPS) is 15.4. The summed E-state index contributed by atoms with van der Waals surface area (Å²) >= 11 is 6.05. The van der Waals surface area contributed by atoms with Crippen LogP contribution >= 0.6 is 11.6 Å². The number of hydrogen-bond donors (Lipinski definition) is 1. The molecule has 0 aliphatic carbocycles. The molecular formula is C35H33ClN4O4. The lowest BCUT2D eigenvalue weighted by molar-refractivity contribution is -0.119. The van der Waals surface area contributed by atoms with E-state index in [1.165, 1.54) is 0 Å². The van der Waals surface area contributed by atoms with Crippen LogP contribution in [-0.4, -0.2) is 57.1 Å². The van der Waals surface area contributed by atoms with Gasteiger partial charge in [-0.1, -0.05) is 72.3 Å². The minimum Gasteiger partial charge on any atom is -0.493 e. The predicted octanol–water partition coefficient (Wildman–Crippen LogP) is 6.23. The third-order valence-corrected chi connectivity index (χ3v) is 7.54. The fraction of sp³-hybridized carbons (Fsp3) is 0.200. The molecular weight excluding hydrogens is 576 g/mol. The molecule has 2 amide bonds. The number of carbonyl (C=O) groups is 2. The first kappa shape index (κ1) is 30.5. The van der Waals surface area contributed by atoms with E-state index in [-0.39, 0.29) is 18.4 Å². The molecule has 2 aliphatic rings. The average molecular weight is 609 g/mol. The number of benzodiazepines with no additional fused rings is 2. The minimum absolute atomic E-state index is 0.0538. The largest absolute Gasteiger partial charge is 0.493 e. The fourth-order valence-corrected chi connectivity index (χ4v) is 5.26. The molecule has 0 bridgehead atoms. The van der Waals surface area contributed by atoms with Crippen molar-refractivity contribution in [3.63, 3.8) is 0 Å². The number of rotatable bonds is 6. The number of nitrogens with zero attached hydrogens (tertiary/aromatic N) is 3. The first-order valence-electron chi connectivity index (χ1n) is 14.3. The van der Waals surface area contributed by atoms with Crippen molar-refractivity contribution in [1.82, 2.24) is 0 Å². The Morgan fingerprint density at radius 2 is 1.59 bits per heavy atom. The number of methoxy groups -OCH3 is 2. The maximum atomic E-state index is 13.7. The van der Waals surface area contributed by atoms with Crippen molar-refractivity contribution in [2.24, 2.45) is 9.98 Å². The molecule has 0 spiro atoms. The minimum atomic E-state index is -0.573. The van der Waals surface area contributed by atoms with E-state index >= 15 is 0 Å². The maximum absolute atomic E-state index is 13.7. The number of ether oxygens (including phenoxy) is 2. The van der Waals surface area contributed by atoms with E-state index in [0.717, 1.165) is 39.3 Å². The van der Waals surface area contributed by atoms with E-state index in [2.05, 4.69) is 10.3 Å². The number of aliphatic imine (C=N–C) groups is 2. The zero-order valence-corrected chi connectivity index (χ0v) is 25.5. The van der Waals surface area contributed by atoms with Gasteiger partial charge in [-0.2, -0.15) is 0 Å². The number of likely N-dealkylation sites (N-methyl/N-ethyl adjacent to an activating group) is 1. The highest BCUT2D eigenvalue weighted by Gasteiger charge is 2.32. The second-order valence-electron chi connectivity index (χ2n) is 10.1. The molecule has 1 N–H and O–H groups in total. The Balaban J connectivity index is 0.000000266. The van der Waals surface area contributed by atoms with Crippen molar-refractivity contribution in [1.29, 1.82) is 0 Å². The van der Waals surface area contributed by atoms with Gasteiger partial charge in [0.05, 0.1) is 25.6 Å². The summed E-state index contributed by atoms with van der Waals surface area (Å²) in [7, 11) is 3.20. The van der Waals surface area contributed by atoms with Crippen LogP contribution < -0.4 is 19.7 Å². The van der Waals surface area contributed by atoms with Crippen molar-refractivity contribution < 1.29 is 19.1 Å². The maximum Gasteiger partial charge on any atom is 0.252 e. The average Bonchev–Trinajstić information content (AvgIpc) is 3.31. The summed E-state index contributed by atoms with van der Waals surface area (Å²) in [5.74, 6) is 1.05. The number of hydrogen-bond acceptors (Lipinski definition) is 6. The molecule has 4 aromatic rings. The van der Waals surface area contributed by atoms with Gasteiger partial charge < -0.3 is 19.7 Å². The van der Waals surface area contributed by atoms with Crippen LogP contribution in [0.15, 0.2) is 101 Å². The Bertz CT molecular complexity index is 1700. The molecule has 0 radical (unpaired) electrons. The number of anilines is 2. The first-order valence-corrected chi connectivity index (χ1v) is 14.6. The molecule has 2 heterocycles. The van der Waals surface area contributed by atoms with Crippen molar-refractivity contribution in [2.45, 2.75) is 19.4 Å². The summed E-state index contributed by atoms with van der Waals surface area (Å²) in [6.45, 7) is 2.69. The van der Waals surface area contributed by atoms with E-state index in [9.17, 15) is 9.59 Å². The van der Waals surface area contributed by atoms with Crippen molar-refractivity contribution in [2.75, 3.05) is 37.5 Å². The molecule has 0 saturated heterocycles. The molecule has 1 unspecified atom stereocenters. The van der Waals surface area contributed by atoms with E-state index in [4.69, 9.17) is 26.1 Å². The second-order valence-corrected chi connectivity index (χ2v) is 10.5. The molecule has 6 rings (SSSR count). The number of fused-ring (bicyclic) bond motifs is 2. The summed E-state index contributed by atoms with van der Waals surface area (Å²) in [5.41, 5.74) is 6.09. The highest BCUT2D eigenvalue weighted by Crippen LogP contribution is 2.38. The topological polar surface area (TPSA) is 92.6 Å². The summed E-state index contributed by atoms with van der Waals surface area (Å²) < 4.78 is 11.1. The molecule has 4 aromatic carbocycles. The third-order valence-electron chi connectivity index (χ3n) is 7.29. The van der Waals surface area contributed by atoms with Crippen LogP contribution in [0.25, 0.3) is 0 Å². The Morgan fingerprint density at radius 1 is 0.909 bits per heavy atom. The lowest BCUT2D eigenvalue weighted by atomic mass is 9.99. The molecule has 0 saturated carbocycles. The molecule has 8 nitrogen and oxygen atoms in total. The fourth-order valence-electron chi connectivity index (χ4n) is 5.13. The van der Waals surface area contributed by atoms with Gasteiger partial charge in [0.1, 0.15) is 12.6 Å². The quantitative estimate of drug-likeness (QED) is 0.281. The zero-order valence-electron chi connectivity index (χ0n) is 24.8.